The number of aliphatic hydroxyl groups excluding tert-OH is 1. The Hall–Kier alpha value is -1.47. The number of aliphatic hydroxyl groups is 1. The monoisotopic (exact) mass is 397 g/mol. The summed E-state index contributed by atoms with van der Waals surface area (Å²) in [5.74, 6) is -0.574. The molecule has 1 N–H and O–H groups in total. The van der Waals surface area contributed by atoms with Crippen molar-refractivity contribution < 1.29 is 17.9 Å². The van der Waals surface area contributed by atoms with Crippen LogP contribution in [0.25, 0.3) is 0 Å². The van der Waals surface area contributed by atoms with E-state index in [2.05, 4.69) is 0 Å². The van der Waals surface area contributed by atoms with Gasteiger partial charge in [-0.15, -0.1) is 0 Å². The van der Waals surface area contributed by atoms with Crippen LogP contribution < -0.4 is 0 Å². The summed E-state index contributed by atoms with van der Waals surface area (Å²) in [6, 6.07) is 13.2. The number of hydrogen-bond donors (Lipinski definition) is 1. The van der Waals surface area contributed by atoms with Gasteiger partial charge >= 0.3 is 0 Å². The molecule has 0 amide bonds. The first-order valence-corrected chi connectivity index (χ1v) is 10.3. The zero-order chi connectivity index (χ0) is 18.8. The number of benzene rings is 2. The molecule has 4 nitrogen and oxygen atoms in total. The van der Waals surface area contributed by atoms with Crippen molar-refractivity contribution in [2.75, 3.05) is 19.7 Å². The molecular formula is C19H21ClFNO3S. The maximum absolute atomic E-state index is 13.2. The second-order valence-electron chi connectivity index (χ2n) is 6.80. The first kappa shape index (κ1) is 19.3. The Morgan fingerprint density at radius 3 is 2.35 bits per heavy atom. The van der Waals surface area contributed by atoms with E-state index >= 15 is 0 Å². The lowest BCUT2D eigenvalue weighted by Crippen LogP contribution is -2.45. The molecule has 1 fully saturated rings. The highest BCUT2D eigenvalue weighted by molar-refractivity contribution is 7.89. The highest BCUT2D eigenvalue weighted by Gasteiger charge is 2.38. The molecule has 0 bridgehead atoms. The van der Waals surface area contributed by atoms with Crippen molar-refractivity contribution >= 4 is 21.6 Å². The second-order valence-corrected chi connectivity index (χ2v) is 9.11. The van der Waals surface area contributed by atoms with Crippen molar-refractivity contribution in [1.29, 1.82) is 0 Å². The zero-order valence-corrected chi connectivity index (χ0v) is 15.8. The fourth-order valence-electron chi connectivity index (χ4n) is 3.44. The van der Waals surface area contributed by atoms with Crippen LogP contribution in [0.15, 0.2) is 53.4 Å². The van der Waals surface area contributed by atoms with E-state index in [0.29, 0.717) is 32.4 Å². The predicted octanol–water partition coefficient (Wildman–Crippen LogP) is 3.49. The lowest BCUT2D eigenvalue weighted by molar-refractivity contribution is 0.0684. The molecule has 0 aliphatic carbocycles. The number of hydrogen-bond acceptors (Lipinski definition) is 3. The minimum Gasteiger partial charge on any atom is -0.396 e. The molecule has 0 saturated carbocycles. The summed E-state index contributed by atoms with van der Waals surface area (Å²) in [5.41, 5.74) is 0.791. The van der Waals surface area contributed by atoms with Crippen molar-refractivity contribution in [1.82, 2.24) is 4.31 Å². The number of nitrogens with zero attached hydrogens (tertiary/aromatic N) is 1. The van der Waals surface area contributed by atoms with Crippen LogP contribution in [0.1, 0.15) is 18.4 Å². The SMILES string of the molecule is O=S(=O)(c1ccc(F)cc1Cl)N1CCC(CO)(Cc2ccccc2)CC1. The number of rotatable bonds is 5. The average Bonchev–Trinajstić information content (AvgIpc) is 2.62. The summed E-state index contributed by atoms with van der Waals surface area (Å²) >= 11 is 5.94. The minimum atomic E-state index is -3.79. The smallest absolute Gasteiger partial charge is 0.244 e. The summed E-state index contributed by atoms with van der Waals surface area (Å²) in [7, 11) is -3.79. The van der Waals surface area contributed by atoms with Gasteiger partial charge in [0.1, 0.15) is 10.7 Å². The van der Waals surface area contributed by atoms with Crippen LogP contribution >= 0.6 is 11.6 Å². The molecule has 0 unspecified atom stereocenters. The third-order valence-corrected chi connectivity index (χ3v) is 7.43. The van der Waals surface area contributed by atoms with Gasteiger partial charge < -0.3 is 5.11 Å². The molecule has 1 saturated heterocycles. The Bertz CT molecular complexity index is 866. The lowest BCUT2D eigenvalue weighted by atomic mass is 9.75. The van der Waals surface area contributed by atoms with Gasteiger partial charge in [-0.25, -0.2) is 12.8 Å². The topological polar surface area (TPSA) is 57.6 Å². The molecule has 1 aliphatic heterocycles. The van der Waals surface area contributed by atoms with E-state index in [1.54, 1.807) is 0 Å². The predicted molar refractivity (Wildman–Crippen MR) is 99.1 cm³/mol. The van der Waals surface area contributed by atoms with Gasteiger partial charge in [-0.1, -0.05) is 41.9 Å². The van der Waals surface area contributed by atoms with Crippen molar-refractivity contribution in [3.05, 3.63) is 64.9 Å². The molecule has 0 atom stereocenters. The van der Waals surface area contributed by atoms with E-state index in [1.807, 2.05) is 30.3 Å². The second kappa shape index (κ2) is 7.64. The summed E-state index contributed by atoms with van der Waals surface area (Å²) in [5, 5.41) is 9.84. The molecule has 0 aromatic heterocycles. The summed E-state index contributed by atoms with van der Waals surface area (Å²) in [4.78, 5) is -0.0832. The number of sulfonamides is 1. The maximum atomic E-state index is 13.2. The fraction of sp³-hybridized carbons (Fsp3) is 0.368. The van der Waals surface area contributed by atoms with Crippen LogP contribution in [0.3, 0.4) is 0 Å². The molecule has 0 spiro atoms. The zero-order valence-electron chi connectivity index (χ0n) is 14.2. The Morgan fingerprint density at radius 1 is 1.12 bits per heavy atom. The standard InChI is InChI=1S/C19H21ClFNO3S/c20-17-12-16(21)6-7-18(17)26(24,25)22-10-8-19(14-23,9-11-22)13-15-4-2-1-3-5-15/h1-7,12,23H,8-11,13-14H2. The van der Waals surface area contributed by atoms with Crippen molar-refractivity contribution in [3.63, 3.8) is 0 Å². The van der Waals surface area contributed by atoms with Crippen LogP contribution in [0.5, 0.6) is 0 Å². The van der Waals surface area contributed by atoms with E-state index in [1.165, 1.54) is 10.4 Å². The lowest BCUT2D eigenvalue weighted by Gasteiger charge is -2.40. The van der Waals surface area contributed by atoms with E-state index < -0.39 is 15.8 Å². The van der Waals surface area contributed by atoms with Crippen LogP contribution in [0, 0.1) is 11.2 Å². The van der Waals surface area contributed by atoms with E-state index in [-0.39, 0.29) is 21.9 Å². The third-order valence-electron chi connectivity index (χ3n) is 5.05. The van der Waals surface area contributed by atoms with Gasteiger partial charge in [-0.05, 0) is 48.4 Å². The Morgan fingerprint density at radius 2 is 1.77 bits per heavy atom. The fourth-order valence-corrected chi connectivity index (χ4v) is 5.39. The molecular weight excluding hydrogens is 377 g/mol. The van der Waals surface area contributed by atoms with Gasteiger partial charge in [-0.3, -0.25) is 0 Å². The minimum absolute atomic E-state index is 0.00703. The van der Waals surface area contributed by atoms with Crippen molar-refractivity contribution in [3.8, 4) is 0 Å². The van der Waals surface area contributed by atoms with Gasteiger partial charge in [0, 0.05) is 19.7 Å². The van der Waals surface area contributed by atoms with Crippen LogP contribution in [0.4, 0.5) is 4.39 Å². The van der Waals surface area contributed by atoms with Crippen LogP contribution in [-0.2, 0) is 16.4 Å². The molecule has 7 heteroatoms. The average molecular weight is 398 g/mol. The van der Waals surface area contributed by atoms with Gasteiger partial charge in [0.15, 0.2) is 0 Å². The van der Waals surface area contributed by atoms with E-state index in [0.717, 1.165) is 17.7 Å². The van der Waals surface area contributed by atoms with Gasteiger partial charge in [0.2, 0.25) is 10.0 Å². The summed E-state index contributed by atoms with van der Waals surface area (Å²) in [6.07, 6.45) is 1.81. The highest BCUT2D eigenvalue weighted by atomic mass is 35.5. The Labute approximate surface area is 158 Å². The normalized spacial score (nSPS) is 18.0. The molecule has 3 rings (SSSR count). The van der Waals surface area contributed by atoms with Crippen molar-refractivity contribution in [2.45, 2.75) is 24.2 Å². The molecule has 1 aliphatic rings. The van der Waals surface area contributed by atoms with E-state index in [4.69, 9.17) is 11.6 Å². The first-order chi connectivity index (χ1) is 12.4. The molecule has 2 aromatic carbocycles. The Kier molecular flexibility index (Phi) is 5.67. The largest absolute Gasteiger partial charge is 0.396 e. The number of piperidine rings is 1. The molecule has 1 heterocycles. The maximum Gasteiger partial charge on any atom is 0.244 e. The highest BCUT2D eigenvalue weighted by Crippen LogP contribution is 2.37. The molecule has 140 valence electrons. The van der Waals surface area contributed by atoms with Crippen LogP contribution in [-0.4, -0.2) is 37.5 Å². The number of halogens is 2. The van der Waals surface area contributed by atoms with Gasteiger partial charge in [0.25, 0.3) is 0 Å². The molecule has 0 radical (unpaired) electrons. The van der Waals surface area contributed by atoms with E-state index in [9.17, 15) is 17.9 Å². The summed E-state index contributed by atoms with van der Waals surface area (Å²) < 4.78 is 40.2. The van der Waals surface area contributed by atoms with Crippen molar-refractivity contribution in [2.24, 2.45) is 5.41 Å². The third kappa shape index (κ3) is 3.93. The molecule has 26 heavy (non-hydrogen) atoms. The van der Waals surface area contributed by atoms with Gasteiger partial charge in [0.05, 0.1) is 5.02 Å². The molecule has 2 aromatic rings. The summed E-state index contributed by atoms with van der Waals surface area (Å²) in [6.45, 7) is 0.597. The quantitative estimate of drug-likeness (QED) is 0.840. The van der Waals surface area contributed by atoms with Gasteiger partial charge in [-0.2, -0.15) is 4.31 Å². The Balaban J connectivity index is 1.76. The first-order valence-electron chi connectivity index (χ1n) is 8.46. The van der Waals surface area contributed by atoms with Crippen LogP contribution in [0.2, 0.25) is 5.02 Å².